The number of aliphatic hydroxyl groups is 1. The lowest BCUT2D eigenvalue weighted by atomic mass is 9.92. The summed E-state index contributed by atoms with van der Waals surface area (Å²) in [5.41, 5.74) is 1.79. The highest BCUT2D eigenvalue weighted by atomic mass is 19.4. The molecule has 4 aromatic rings. The Morgan fingerprint density at radius 3 is 2.39 bits per heavy atom. The van der Waals surface area contributed by atoms with Crippen LogP contribution in [0, 0.1) is 0 Å². The molecule has 0 amide bonds. The Morgan fingerprint density at radius 1 is 0.917 bits per heavy atom. The first kappa shape index (κ1) is 24.0. The number of β-amino-alcohol motifs (C(OH)–C–C–N with tert-alkyl or cyclic N) is 1. The lowest BCUT2D eigenvalue weighted by molar-refractivity contribution is -0.137. The summed E-state index contributed by atoms with van der Waals surface area (Å²) in [5, 5.41) is 24.3. The van der Waals surface area contributed by atoms with Gasteiger partial charge in [-0.15, -0.1) is 10.2 Å². The van der Waals surface area contributed by atoms with Gasteiger partial charge in [-0.3, -0.25) is 0 Å². The number of hydrogen-bond acceptors (Lipinski definition) is 5. The number of halogens is 3. The summed E-state index contributed by atoms with van der Waals surface area (Å²) < 4.78 is 38.7. The molecule has 186 valence electrons. The van der Waals surface area contributed by atoms with Crippen LogP contribution < -0.4 is 4.90 Å². The van der Waals surface area contributed by atoms with Crippen molar-refractivity contribution >= 4 is 5.69 Å². The number of alkyl halides is 3. The zero-order chi connectivity index (χ0) is 25.2. The SMILES string of the molecule is OC1(Cn2nnc(-c3ccccc3Cc3ccc(C(F)(F)F)cc3)n2)CCCN(c2ccccc2)C1. The Labute approximate surface area is 207 Å². The number of nitrogens with zero attached hydrogens (tertiary/aromatic N) is 5. The highest BCUT2D eigenvalue weighted by Crippen LogP contribution is 2.30. The molecule has 3 aromatic carbocycles. The van der Waals surface area contributed by atoms with Crippen LogP contribution in [0.3, 0.4) is 0 Å². The second-order valence-electron chi connectivity index (χ2n) is 9.26. The van der Waals surface area contributed by atoms with Gasteiger partial charge in [0.1, 0.15) is 5.60 Å². The van der Waals surface area contributed by atoms with E-state index in [2.05, 4.69) is 20.3 Å². The van der Waals surface area contributed by atoms with Crippen LogP contribution in [0.4, 0.5) is 18.9 Å². The van der Waals surface area contributed by atoms with Crippen molar-refractivity contribution in [3.63, 3.8) is 0 Å². The fourth-order valence-corrected chi connectivity index (χ4v) is 4.71. The molecular formula is C27H26F3N5O. The summed E-state index contributed by atoms with van der Waals surface area (Å²) in [6.07, 6.45) is -2.45. The highest BCUT2D eigenvalue weighted by Gasteiger charge is 2.35. The molecule has 1 aliphatic rings. The molecule has 5 rings (SSSR count). The van der Waals surface area contributed by atoms with Crippen LogP contribution in [-0.4, -0.2) is 44.0 Å². The van der Waals surface area contributed by atoms with E-state index in [0.717, 1.165) is 47.5 Å². The fourth-order valence-electron chi connectivity index (χ4n) is 4.71. The lowest BCUT2D eigenvalue weighted by Gasteiger charge is -2.40. The molecule has 1 aliphatic heterocycles. The van der Waals surface area contributed by atoms with Gasteiger partial charge < -0.3 is 10.0 Å². The van der Waals surface area contributed by atoms with Crippen molar-refractivity contribution in [3.8, 4) is 11.4 Å². The van der Waals surface area contributed by atoms with Gasteiger partial charge in [-0.1, -0.05) is 54.6 Å². The molecule has 1 atom stereocenters. The monoisotopic (exact) mass is 493 g/mol. The van der Waals surface area contributed by atoms with Crippen molar-refractivity contribution in [2.75, 3.05) is 18.0 Å². The van der Waals surface area contributed by atoms with E-state index in [4.69, 9.17) is 0 Å². The van der Waals surface area contributed by atoms with E-state index in [1.807, 2.05) is 54.6 Å². The zero-order valence-corrected chi connectivity index (χ0v) is 19.6. The molecule has 1 N–H and O–H groups in total. The van der Waals surface area contributed by atoms with Crippen molar-refractivity contribution in [1.29, 1.82) is 0 Å². The maximum absolute atomic E-state index is 12.9. The molecule has 0 aliphatic carbocycles. The van der Waals surface area contributed by atoms with Crippen LogP contribution in [0.1, 0.15) is 29.5 Å². The summed E-state index contributed by atoms with van der Waals surface area (Å²) in [5.74, 6) is 0.414. The van der Waals surface area contributed by atoms with Crippen LogP contribution in [0.15, 0.2) is 78.9 Å². The van der Waals surface area contributed by atoms with Crippen molar-refractivity contribution in [3.05, 3.63) is 95.6 Å². The van der Waals surface area contributed by atoms with Crippen molar-refractivity contribution in [1.82, 2.24) is 20.2 Å². The predicted octanol–water partition coefficient (Wildman–Crippen LogP) is 4.98. The quantitative estimate of drug-likeness (QED) is 0.410. The Morgan fingerprint density at radius 2 is 1.64 bits per heavy atom. The number of benzene rings is 3. The number of aromatic nitrogens is 4. The molecule has 9 heteroatoms. The molecule has 0 spiro atoms. The molecule has 1 fully saturated rings. The average Bonchev–Trinajstić information content (AvgIpc) is 3.32. The third-order valence-electron chi connectivity index (χ3n) is 6.50. The third-order valence-corrected chi connectivity index (χ3v) is 6.50. The molecule has 0 bridgehead atoms. The van der Waals surface area contributed by atoms with Crippen LogP contribution in [0.2, 0.25) is 0 Å². The van der Waals surface area contributed by atoms with Gasteiger partial charge >= 0.3 is 6.18 Å². The molecule has 1 unspecified atom stereocenters. The molecule has 2 heterocycles. The topological polar surface area (TPSA) is 67.1 Å². The van der Waals surface area contributed by atoms with Gasteiger partial charge in [0, 0.05) is 24.3 Å². The van der Waals surface area contributed by atoms with E-state index in [1.54, 1.807) is 0 Å². The van der Waals surface area contributed by atoms with Gasteiger partial charge in [0.05, 0.1) is 12.1 Å². The van der Waals surface area contributed by atoms with Crippen LogP contribution in [0.5, 0.6) is 0 Å². The average molecular weight is 494 g/mol. The number of hydrogen-bond donors (Lipinski definition) is 1. The minimum Gasteiger partial charge on any atom is -0.386 e. The second kappa shape index (κ2) is 9.73. The standard InChI is InChI=1S/C27H26F3N5O/c28-27(29,30)22-13-11-20(12-14-22)17-21-7-4-5-10-24(21)25-31-33-35(32-25)19-26(36)15-6-16-34(18-26)23-8-2-1-3-9-23/h1-5,7-14,36H,6,15-19H2. The second-order valence-corrected chi connectivity index (χ2v) is 9.26. The first-order valence-corrected chi connectivity index (χ1v) is 11.8. The maximum atomic E-state index is 12.9. The normalized spacial score (nSPS) is 18.4. The molecule has 1 saturated heterocycles. The first-order chi connectivity index (χ1) is 17.3. The van der Waals surface area contributed by atoms with E-state index >= 15 is 0 Å². The van der Waals surface area contributed by atoms with Crippen LogP contribution >= 0.6 is 0 Å². The molecule has 1 aromatic heterocycles. The summed E-state index contributed by atoms with van der Waals surface area (Å²) >= 11 is 0. The van der Waals surface area contributed by atoms with E-state index in [1.165, 1.54) is 16.9 Å². The van der Waals surface area contributed by atoms with Crippen molar-refractivity contribution in [2.24, 2.45) is 0 Å². The maximum Gasteiger partial charge on any atom is 0.416 e. The van der Waals surface area contributed by atoms with Gasteiger partial charge in [-0.2, -0.15) is 18.0 Å². The van der Waals surface area contributed by atoms with Gasteiger partial charge in [-0.25, -0.2) is 0 Å². The van der Waals surface area contributed by atoms with Gasteiger partial charge in [-0.05, 0) is 59.9 Å². The number of tetrazole rings is 1. The fraction of sp³-hybridized carbons (Fsp3) is 0.296. The minimum atomic E-state index is -4.36. The Hall–Kier alpha value is -3.72. The zero-order valence-electron chi connectivity index (χ0n) is 19.6. The molecule has 0 saturated carbocycles. The van der Waals surface area contributed by atoms with Gasteiger partial charge in [0.25, 0.3) is 0 Å². The summed E-state index contributed by atoms with van der Waals surface area (Å²) in [4.78, 5) is 3.60. The number of piperidine rings is 1. The molecule has 0 radical (unpaired) electrons. The van der Waals surface area contributed by atoms with Crippen molar-refractivity contribution < 1.29 is 18.3 Å². The van der Waals surface area contributed by atoms with E-state index in [0.29, 0.717) is 25.2 Å². The van der Waals surface area contributed by atoms with E-state index in [-0.39, 0.29) is 6.54 Å². The lowest BCUT2D eigenvalue weighted by Crippen LogP contribution is -2.51. The number of rotatable bonds is 6. The first-order valence-electron chi connectivity index (χ1n) is 11.8. The summed E-state index contributed by atoms with van der Waals surface area (Å²) in [6, 6.07) is 22.7. The summed E-state index contributed by atoms with van der Waals surface area (Å²) in [6.45, 7) is 1.56. The van der Waals surface area contributed by atoms with E-state index < -0.39 is 17.3 Å². The highest BCUT2D eigenvalue weighted by molar-refractivity contribution is 5.60. The van der Waals surface area contributed by atoms with Crippen LogP contribution in [-0.2, 0) is 19.1 Å². The largest absolute Gasteiger partial charge is 0.416 e. The molecule has 6 nitrogen and oxygen atoms in total. The Balaban J connectivity index is 1.31. The smallest absolute Gasteiger partial charge is 0.386 e. The third kappa shape index (κ3) is 5.41. The van der Waals surface area contributed by atoms with Crippen molar-refractivity contribution in [2.45, 2.75) is 37.6 Å². The number of para-hydroxylation sites is 1. The minimum absolute atomic E-state index is 0.213. The van der Waals surface area contributed by atoms with Gasteiger partial charge in [0.2, 0.25) is 5.82 Å². The molecule has 36 heavy (non-hydrogen) atoms. The molecular weight excluding hydrogens is 467 g/mol. The Bertz CT molecular complexity index is 1310. The Kier molecular flexibility index (Phi) is 6.49. The number of anilines is 1. The predicted molar refractivity (Wildman–Crippen MR) is 130 cm³/mol. The van der Waals surface area contributed by atoms with Gasteiger partial charge in [0.15, 0.2) is 0 Å². The summed E-state index contributed by atoms with van der Waals surface area (Å²) in [7, 11) is 0. The van der Waals surface area contributed by atoms with E-state index in [9.17, 15) is 18.3 Å². The van der Waals surface area contributed by atoms with Crippen LogP contribution in [0.25, 0.3) is 11.4 Å².